The zero-order chi connectivity index (χ0) is 6.41. The summed E-state index contributed by atoms with van der Waals surface area (Å²) in [6.07, 6.45) is 1.87. The molecule has 0 saturated carbocycles. The fourth-order valence-electron chi connectivity index (χ4n) is 0.304. The van der Waals surface area contributed by atoms with Crippen LogP contribution < -0.4 is 0 Å². The normalized spacial score (nSPS) is 11.5. The molecule has 0 aromatic carbocycles. The smallest absolute Gasteiger partial charge is 0.0740 e. The molecule has 1 N–H and O–H groups in total. The lowest BCUT2D eigenvalue weighted by Crippen LogP contribution is -1.80. The van der Waals surface area contributed by atoms with Crippen molar-refractivity contribution in [3.63, 3.8) is 0 Å². The first-order valence-electron chi connectivity index (χ1n) is 2.38. The predicted molar refractivity (Wildman–Crippen MR) is 38.6 cm³/mol. The average molecular weight is 130 g/mol. The largest absolute Gasteiger partial charge is 0.391 e. The summed E-state index contributed by atoms with van der Waals surface area (Å²) in [5.74, 6) is 0. The van der Waals surface area contributed by atoms with Gasteiger partial charge in [-0.1, -0.05) is 12.7 Å². The molecular formula is C6H10OS. The minimum atomic E-state index is 0.118. The summed E-state index contributed by atoms with van der Waals surface area (Å²) in [6.45, 7) is 5.52. The van der Waals surface area contributed by atoms with E-state index in [0.29, 0.717) is 0 Å². The molecule has 0 unspecified atom stereocenters. The van der Waals surface area contributed by atoms with Crippen LogP contribution in [0, 0.1) is 0 Å². The van der Waals surface area contributed by atoms with Crippen LogP contribution in [0.4, 0.5) is 0 Å². The monoisotopic (exact) mass is 130 g/mol. The van der Waals surface area contributed by atoms with Crippen molar-refractivity contribution in [2.24, 2.45) is 0 Å². The molecule has 0 bridgehead atoms. The lowest BCUT2D eigenvalue weighted by Gasteiger charge is -1.93. The van der Waals surface area contributed by atoms with Crippen LogP contribution in [0.5, 0.6) is 0 Å². The summed E-state index contributed by atoms with van der Waals surface area (Å²) in [5, 5.41) is 10.2. The first-order valence-corrected chi connectivity index (χ1v) is 3.26. The second-order valence-electron chi connectivity index (χ2n) is 1.20. The van der Waals surface area contributed by atoms with Crippen molar-refractivity contribution in [2.75, 3.05) is 6.61 Å². The van der Waals surface area contributed by atoms with Gasteiger partial charge in [-0.15, -0.1) is 11.8 Å². The van der Waals surface area contributed by atoms with E-state index < -0.39 is 0 Å². The van der Waals surface area contributed by atoms with E-state index in [-0.39, 0.29) is 6.61 Å². The molecule has 0 aliphatic carbocycles. The topological polar surface area (TPSA) is 20.2 Å². The minimum Gasteiger partial charge on any atom is -0.391 e. The van der Waals surface area contributed by atoms with Crippen LogP contribution in [0.1, 0.15) is 6.92 Å². The molecule has 0 rings (SSSR count). The molecule has 0 atom stereocenters. The Labute approximate surface area is 54.1 Å². The molecule has 0 aromatic heterocycles. The highest BCUT2D eigenvalue weighted by molar-refractivity contribution is 8.05. The van der Waals surface area contributed by atoms with Gasteiger partial charge in [-0.2, -0.15) is 0 Å². The number of hydrogen-bond donors (Lipinski definition) is 1. The second-order valence-corrected chi connectivity index (χ2v) is 2.29. The van der Waals surface area contributed by atoms with E-state index in [1.165, 1.54) is 11.8 Å². The number of aliphatic hydroxyl groups excluding tert-OH is 1. The molecule has 0 fully saturated rings. The van der Waals surface area contributed by atoms with E-state index in [2.05, 4.69) is 6.58 Å². The van der Waals surface area contributed by atoms with Crippen molar-refractivity contribution in [3.05, 3.63) is 23.0 Å². The fraction of sp³-hybridized carbons (Fsp3) is 0.333. The highest BCUT2D eigenvalue weighted by Gasteiger charge is 1.86. The maximum Gasteiger partial charge on any atom is 0.0740 e. The highest BCUT2D eigenvalue weighted by Crippen LogP contribution is 2.13. The molecule has 46 valence electrons. The first kappa shape index (κ1) is 7.79. The van der Waals surface area contributed by atoms with Crippen molar-refractivity contribution in [2.45, 2.75) is 6.92 Å². The molecule has 8 heavy (non-hydrogen) atoms. The summed E-state index contributed by atoms with van der Waals surface area (Å²) in [6, 6.07) is 0. The van der Waals surface area contributed by atoms with Crippen LogP contribution in [0.3, 0.4) is 0 Å². The van der Waals surface area contributed by atoms with E-state index in [1.807, 2.05) is 13.0 Å². The Morgan fingerprint density at radius 3 is 2.62 bits per heavy atom. The van der Waals surface area contributed by atoms with Crippen molar-refractivity contribution in [1.29, 1.82) is 0 Å². The maximum absolute atomic E-state index is 8.52. The molecule has 0 amide bonds. The molecule has 0 aliphatic rings. The Balaban J connectivity index is 3.53. The summed E-state index contributed by atoms with van der Waals surface area (Å²) >= 11 is 1.45. The second kappa shape index (κ2) is 4.94. The fourth-order valence-corrected chi connectivity index (χ4v) is 0.728. The highest BCUT2D eigenvalue weighted by atomic mass is 32.2. The van der Waals surface area contributed by atoms with Gasteiger partial charge >= 0.3 is 0 Å². The van der Waals surface area contributed by atoms with E-state index in [9.17, 15) is 0 Å². The zero-order valence-corrected chi connectivity index (χ0v) is 5.74. The van der Waals surface area contributed by atoms with Gasteiger partial charge in [-0.05, 0) is 12.3 Å². The summed E-state index contributed by atoms with van der Waals surface area (Å²) in [5.41, 5.74) is 0. The molecule has 0 saturated heterocycles. The molecule has 0 aliphatic heterocycles. The van der Waals surface area contributed by atoms with Crippen LogP contribution in [0.25, 0.3) is 0 Å². The number of hydrogen-bond acceptors (Lipinski definition) is 2. The molecule has 1 nitrogen and oxygen atoms in total. The summed E-state index contributed by atoms with van der Waals surface area (Å²) in [7, 11) is 0. The van der Waals surface area contributed by atoms with Gasteiger partial charge in [0.2, 0.25) is 0 Å². The minimum absolute atomic E-state index is 0.118. The Hall–Kier alpha value is -0.210. The third-order valence-electron chi connectivity index (χ3n) is 0.713. The Bertz CT molecular complexity index is 96.7. The number of thioether (sulfide) groups is 1. The Morgan fingerprint density at radius 2 is 2.50 bits per heavy atom. The first-order chi connectivity index (χ1) is 3.85. The molecule has 0 radical (unpaired) electrons. The third kappa shape index (κ3) is 2.88. The average Bonchev–Trinajstić information content (AvgIpc) is 1.83. The van der Waals surface area contributed by atoms with E-state index in [4.69, 9.17) is 5.11 Å². The van der Waals surface area contributed by atoms with Gasteiger partial charge in [0.05, 0.1) is 6.61 Å². The van der Waals surface area contributed by atoms with Gasteiger partial charge in [0.25, 0.3) is 0 Å². The van der Waals surface area contributed by atoms with Gasteiger partial charge < -0.3 is 5.11 Å². The van der Waals surface area contributed by atoms with Crippen LogP contribution in [0.15, 0.2) is 23.0 Å². The molecule has 0 heterocycles. The third-order valence-corrected chi connectivity index (χ3v) is 1.55. The Kier molecular flexibility index (Phi) is 4.81. The summed E-state index contributed by atoms with van der Waals surface area (Å²) in [4.78, 5) is 0.944. The lowest BCUT2D eigenvalue weighted by molar-refractivity contribution is 0.339. The van der Waals surface area contributed by atoms with Crippen LogP contribution in [-0.2, 0) is 0 Å². The van der Waals surface area contributed by atoms with Gasteiger partial charge in [0.15, 0.2) is 0 Å². The quantitative estimate of drug-likeness (QED) is 0.628. The van der Waals surface area contributed by atoms with E-state index in [0.717, 1.165) is 4.91 Å². The standard InChI is InChI=1S/C6H10OS/c1-3-6(5-7)8-4-2/h3-4,7H,2,5H2,1H3/b6-3-. The van der Waals surface area contributed by atoms with E-state index in [1.54, 1.807) is 5.41 Å². The molecule has 0 spiro atoms. The van der Waals surface area contributed by atoms with Crippen LogP contribution >= 0.6 is 11.8 Å². The van der Waals surface area contributed by atoms with Crippen molar-refractivity contribution in [1.82, 2.24) is 0 Å². The van der Waals surface area contributed by atoms with Crippen LogP contribution in [0.2, 0.25) is 0 Å². The number of aliphatic hydroxyl groups is 1. The van der Waals surface area contributed by atoms with Gasteiger partial charge in [0, 0.05) is 4.91 Å². The molecule has 0 aromatic rings. The Morgan fingerprint density at radius 1 is 1.88 bits per heavy atom. The van der Waals surface area contributed by atoms with Crippen molar-refractivity contribution in [3.8, 4) is 0 Å². The predicted octanol–water partition coefficient (Wildman–Crippen LogP) is 1.76. The number of allylic oxidation sites excluding steroid dienone is 1. The number of rotatable bonds is 3. The van der Waals surface area contributed by atoms with Gasteiger partial charge in [0.1, 0.15) is 0 Å². The SMILES string of the molecule is C=CS/C(=C\C)CO. The van der Waals surface area contributed by atoms with Gasteiger partial charge in [-0.25, -0.2) is 0 Å². The molecule has 2 heteroatoms. The van der Waals surface area contributed by atoms with Crippen molar-refractivity contribution < 1.29 is 5.11 Å². The lowest BCUT2D eigenvalue weighted by atomic mass is 10.5. The summed E-state index contributed by atoms with van der Waals surface area (Å²) < 4.78 is 0. The maximum atomic E-state index is 8.52. The zero-order valence-electron chi connectivity index (χ0n) is 4.92. The van der Waals surface area contributed by atoms with E-state index >= 15 is 0 Å². The molecular weight excluding hydrogens is 120 g/mol. The van der Waals surface area contributed by atoms with Crippen molar-refractivity contribution >= 4 is 11.8 Å². The van der Waals surface area contributed by atoms with Gasteiger partial charge in [-0.3, -0.25) is 0 Å². The van der Waals surface area contributed by atoms with Crippen LogP contribution in [-0.4, -0.2) is 11.7 Å².